The van der Waals surface area contributed by atoms with Gasteiger partial charge in [-0.3, -0.25) is 4.79 Å². The van der Waals surface area contributed by atoms with E-state index in [1.165, 1.54) is 59.3 Å². The van der Waals surface area contributed by atoms with E-state index in [1.54, 1.807) is 6.92 Å². The number of aliphatic hydroxyl groups excluding tert-OH is 1. The Morgan fingerprint density at radius 3 is 2.20 bits per heavy atom. The fourth-order valence-corrected chi connectivity index (χ4v) is 4.66. The summed E-state index contributed by atoms with van der Waals surface area (Å²) in [6, 6.07) is 11.9. The van der Waals surface area contributed by atoms with E-state index >= 15 is 0 Å². The van der Waals surface area contributed by atoms with Crippen LogP contribution in [0.4, 0.5) is 44.2 Å². The van der Waals surface area contributed by atoms with Gasteiger partial charge in [-0.15, -0.1) is 0 Å². The first-order valence-corrected chi connectivity index (χ1v) is 14.0. The lowest BCUT2D eigenvalue weighted by Gasteiger charge is -2.38. The van der Waals surface area contributed by atoms with E-state index in [0.29, 0.717) is 5.69 Å². The van der Waals surface area contributed by atoms with Gasteiger partial charge in [0.05, 0.1) is 30.3 Å². The van der Waals surface area contributed by atoms with E-state index in [0.717, 1.165) is 24.3 Å². The molecule has 5 amide bonds. The molecule has 3 aromatic carbocycles. The quantitative estimate of drug-likeness (QED) is 0.243. The highest BCUT2D eigenvalue weighted by atomic mass is 19.4. The van der Waals surface area contributed by atoms with Gasteiger partial charge in [0.2, 0.25) is 0 Å². The molecule has 1 aliphatic rings. The number of carbonyl (C=O) groups excluding carboxylic acids is 3. The van der Waals surface area contributed by atoms with E-state index in [9.17, 15) is 37.1 Å². The van der Waals surface area contributed by atoms with Crippen LogP contribution in [0, 0.1) is 11.7 Å². The number of hydrogen-bond acceptors (Lipinski definition) is 5. The normalized spacial score (nSPS) is 17.2. The molecule has 3 aromatic rings. The summed E-state index contributed by atoms with van der Waals surface area (Å²) in [5.41, 5.74) is 0.0655. The maximum Gasteiger partial charge on any atom is 0.416 e. The molecule has 4 N–H and O–H groups in total. The van der Waals surface area contributed by atoms with Gasteiger partial charge in [0, 0.05) is 36.6 Å². The first-order chi connectivity index (χ1) is 21.2. The minimum atomic E-state index is -4.50. The van der Waals surface area contributed by atoms with Gasteiger partial charge in [-0.1, -0.05) is 6.92 Å². The van der Waals surface area contributed by atoms with Gasteiger partial charge in [0.1, 0.15) is 17.7 Å². The molecule has 45 heavy (non-hydrogen) atoms. The first-order valence-electron chi connectivity index (χ1n) is 14.0. The summed E-state index contributed by atoms with van der Waals surface area (Å²) >= 11 is 0. The van der Waals surface area contributed by atoms with Gasteiger partial charge in [-0.25, -0.2) is 14.0 Å². The van der Waals surface area contributed by atoms with Crippen LogP contribution in [0.2, 0.25) is 0 Å². The summed E-state index contributed by atoms with van der Waals surface area (Å²) in [6.07, 6.45) is -5.15. The second-order valence-electron chi connectivity index (χ2n) is 10.8. The van der Waals surface area contributed by atoms with Crippen LogP contribution in [0.15, 0.2) is 66.7 Å². The van der Waals surface area contributed by atoms with Crippen molar-refractivity contribution in [3.63, 3.8) is 0 Å². The molecule has 3 atom stereocenters. The summed E-state index contributed by atoms with van der Waals surface area (Å²) in [4.78, 5) is 41.9. The molecule has 0 saturated carbocycles. The Hall–Kier alpha value is -4.85. The Bertz CT molecular complexity index is 1520. The van der Waals surface area contributed by atoms with Crippen LogP contribution in [-0.2, 0) is 6.18 Å². The monoisotopic (exact) mass is 631 g/mol. The number of ether oxygens (including phenoxy) is 1. The Kier molecular flexibility index (Phi) is 10.2. The molecule has 0 fully saturated rings. The van der Waals surface area contributed by atoms with Crippen LogP contribution >= 0.6 is 0 Å². The van der Waals surface area contributed by atoms with Crippen molar-refractivity contribution >= 4 is 35.0 Å². The molecule has 0 radical (unpaired) electrons. The van der Waals surface area contributed by atoms with E-state index in [-0.39, 0.29) is 48.3 Å². The van der Waals surface area contributed by atoms with Crippen LogP contribution < -0.4 is 20.7 Å². The molecular weight excluding hydrogens is 598 g/mol. The minimum absolute atomic E-state index is 0.0443. The predicted molar refractivity (Wildman–Crippen MR) is 160 cm³/mol. The van der Waals surface area contributed by atoms with Crippen molar-refractivity contribution in [2.75, 3.05) is 42.7 Å². The maximum absolute atomic E-state index is 13.6. The molecular formula is C31H33F4N5O5. The summed E-state index contributed by atoms with van der Waals surface area (Å²) in [5.74, 6) is -1.03. The van der Waals surface area contributed by atoms with Crippen molar-refractivity contribution in [2.24, 2.45) is 5.92 Å². The topological polar surface area (TPSA) is 123 Å². The van der Waals surface area contributed by atoms with Crippen LogP contribution in [0.1, 0.15) is 29.8 Å². The number of nitrogens with zero attached hydrogens (tertiary/aromatic N) is 2. The molecule has 4 rings (SSSR count). The van der Waals surface area contributed by atoms with Crippen molar-refractivity contribution in [2.45, 2.75) is 32.2 Å². The zero-order valence-electron chi connectivity index (χ0n) is 24.7. The SMILES string of the molecule is C[C@H]1CN([C@@H](C)CO)C(=O)c2cc(NC(=O)Nc3ccc(F)cc3)ccc2O[C@H]1CN(C)C(=O)Nc1ccc(C(F)(F)F)cc1. The van der Waals surface area contributed by atoms with Crippen molar-refractivity contribution in [3.05, 3.63) is 83.7 Å². The predicted octanol–water partition coefficient (Wildman–Crippen LogP) is 5.87. The Labute approximate surface area is 257 Å². The summed E-state index contributed by atoms with van der Waals surface area (Å²) < 4.78 is 58.1. The van der Waals surface area contributed by atoms with E-state index in [2.05, 4.69) is 16.0 Å². The van der Waals surface area contributed by atoms with Gasteiger partial charge in [0.15, 0.2) is 0 Å². The zero-order valence-corrected chi connectivity index (χ0v) is 24.7. The Balaban J connectivity index is 1.52. The van der Waals surface area contributed by atoms with Crippen LogP contribution in [0.25, 0.3) is 0 Å². The highest BCUT2D eigenvalue weighted by Crippen LogP contribution is 2.32. The summed E-state index contributed by atoms with van der Waals surface area (Å²) in [6.45, 7) is 3.41. The standard InChI is InChI=1S/C31H33F4N5O5/c1-18-15-40(19(2)17-41)28(42)25-14-24(37-29(43)36-22-10-6-21(32)7-11-22)12-13-26(25)45-27(18)16-39(3)30(44)38-23-8-4-20(5-9-23)31(33,34)35/h4-14,18-19,27,41H,15-17H2,1-3H3,(H,38,44)(H2,36,37,43)/t18-,19-,27-/m0/s1. The van der Waals surface area contributed by atoms with Gasteiger partial charge in [-0.2, -0.15) is 13.2 Å². The molecule has 240 valence electrons. The molecule has 1 aliphatic heterocycles. The molecule has 0 spiro atoms. The van der Waals surface area contributed by atoms with Gasteiger partial charge in [-0.05, 0) is 73.7 Å². The first kappa shape index (κ1) is 33.1. The number of anilines is 3. The second-order valence-corrected chi connectivity index (χ2v) is 10.8. The fourth-order valence-electron chi connectivity index (χ4n) is 4.66. The largest absolute Gasteiger partial charge is 0.487 e. The third kappa shape index (κ3) is 8.41. The van der Waals surface area contributed by atoms with Gasteiger partial charge >= 0.3 is 18.2 Å². The lowest BCUT2D eigenvalue weighted by atomic mass is 9.99. The van der Waals surface area contributed by atoms with Crippen molar-refractivity contribution in [1.82, 2.24) is 9.80 Å². The summed E-state index contributed by atoms with van der Waals surface area (Å²) in [7, 11) is 1.50. The maximum atomic E-state index is 13.6. The molecule has 14 heteroatoms. The number of alkyl halides is 3. The lowest BCUT2D eigenvalue weighted by molar-refractivity contribution is -0.137. The molecule has 0 aliphatic carbocycles. The molecule has 0 unspecified atom stereocenters. The van der Waals surface area contributed by atoms with Gasteiger partial charge in [0.25, 0.3) is 5.91 Å². The van der Waals surface area contributed by atoms with Gasteiger partial charge < -0.3 is 35.6 Å². The lowest BCUT2D eigenvalue weighted by Crippen LogP contribution is -2.50. The third-order valence-electron chi connectivity index (χ3n) is 7.29. The number of likely N-dealkylation sites (N-methyl/N-ethyl adjacent to an activating group) is 1. The number of urea groups is 2. The highest BCUT2D eigenvalue weighted by Gasteiger charge is 2.34. The van der Waals surface area contributed by atoms with Crippen LogP contribution in [0.3, 0.4) is 0 Å². The second kappa shape index (κ2) is 13.8. The number of carbonyl (C=O) groups is 3. The third-order valence-corrected chi connectivity index (χ3v) is 7.29. The van der Waals surface area contributed by atoms with E-state index < -0.39 is 47.7 Å². The minimum Gasteiger partial charge on any atom is -0.487 e. The van der Waals surface area contributed by atoms with Crippen molar-refractivity contribution in [1.29, 1.82) is 0 Å². The summed E-state index contributed by atoms with van der Waals surface area (Å²) in [5, 5.41) is 17.6. The highest BCUT2D eigenvalue weighted by molar-refractivity contribution is 6.02. The average molecular weight is 632 g/mol. The number of benzene rings is 3. The van der Waals surface area contributed by atoms with Crippen molar-refractivity contribution in [3.8, 4) is 5.75 Å². The number of fused-ring (bicyclic) bond motifs is 1. The molecule has 0 aromatic heterocycles. The number of nitrogens with one attached hydrogen (secondary N) is 3. The number of halogens is 4. The molecule has 0 bridgehead atoms. The smallest absolute Gasteiger partial charge is 0.416 e. The fraction of sp³-hybridized carbons (Fsp3) is 0.323. The average Bonchev–Trinajstić information content (AvgIpc) is 2.99. The molecule has 10 nitrogen and oxygen atoms in total. The molecule has 0 saturated heterocycles. The van der Waals surface area contributed by atoms with Crippen LogP contribution in [0.5, 0.6) is 5.75 Å². The van der Waals surface area contributed by atoms with E-state index in [1.807, 2.05) is 6.92 Å². The van der Waals surface area contributed by atoms with Crippen LogP contribution in [-0.4, -0.2) is 71.8 Å². The number of hydrogen-bond donors (Lipinski definition) is 4. The van der Waals surface area contributed by atoms with E-state index in [4.69, 9.17) is 4.74 Å². The Morgan fingerprint density at radius 2 is 1.58 bits per heavy atom. The van der Waals surface area contributed by atoms with Crippen molar-refractivity contribution < 1.29 is 41.8 Å². The molecule has 1 heterocycles. The number of rotatable bonds is 7. The number of aliphatic hydroxyl groups is 1. The Morgan fingerprint density at radius 1 is 1.00 bits per heavy atom. The number of amides is 5. The zero-order chi connectivity index (χ0) is 32.9.